The summed E-state index contributed by atoms with van der Waals surface area (Å²) in [6, 6.07) is 14.2. The van der Waals surface area contributed by atoms with E-state index in [4.69, 9.17) is 14.6 Å². The van der Waals surface area contributed by atoms with Crippen molar-refractivity contribution in [2.75, 3.05) is 6.61 Å². The quantitative estimate of drug-likeness (QED) is 0.634. The zero-order valence-corrected chi connectivity index (χ0v) is 15.2. The smallest absolute Gasteiger partial charge is 0.335 e. The van der Waals surface area contributed by atoms with Crippen LogP contribution >= 0.6 is 0 Å². The first-order chi connectivity index (χ1) is 13.7. The van der Waals surface area contributed by atoms with Gasteiger partial charge in [-0.2, -0.15) is 0 Å². The number of nitrogens with zero attached hydrogens (tertiary/aromatic N) is 2. The molecule has 1 aliphatic rings. The van der Waals surface area contributed by atoms with Crippen LogP contribution < -0.4 is 9.47 Å². The predicted octanol–water partition coefficient (Wildman–Crippen LogP) is 4.21. The van der Waals surface area contributed by atoms with Gasteiger partial charge in [0.1, 0.15) is 12.4 Å². The van der Waals surface area contributed by atoms with Gasteiger partial charge in [0.15, 0.2) is 11.6 Å². The van der Waals surface area contributed by atoms with E-state index in [1.165, 1.54) is 12.8 Å². The number of carboxylic acids is 1. The lowest BCUT2D eigenvalue weighted by Crippen LogP contribution is -2.00. The molecule has 0 bridgehead atoms. The van der Waals surface area contributed by atoms with Crippen LogP contribution in [-0.2, 0) is 6.61 Å². The fraction of sp³-hybridized carbons (Fsp3) is 0.227. The van der Waals surface area contributed by atoms with Crippen molar-refractivity contribution in [1.82, 2.24) is 9.97 Å². The monoisotopic (exact) mass is 376 g/mol. The van der Waals surface area contributed by atoms with Crippen molar-refractivity contribution in [3.63, 3.8) is 0 Å². The van der Waals surface area contributed by atoms with Gasteiger partial charge < -0.3 is 14.6 Å². The first-order valence-corrected chi connectivity index (χ1v) is 9.18. The van der Waals surface area contributed by atoms with Gasteiger partial charge in [-0.1, -0.05) is 24.3 Å². The predicted molar refractivity (Wildman–Crippen MR) is 103 cm³/mol. The molecule has 6 heteroatoms. The highest BCUT2D eigenvalue weighted by Crippen LogP contribution is 2.29. The number of aromatic nitrogens is 2. The second kappa shape index (κ2) is 8.08. The number of hydrogen-bond donors (Lipinski definition) is 1. The second-order valence-corrected chi connectivity index (χ2v) is 6.82. The summed E-state index contributed by atoms with van der Waals surface area (Å²) in [7, 11) is 0. The average molecular weight is 376 g/mol. The van der Waals surface area contributed by atoms with Gasteiger partial charge in [0.2, 0.25) is 0 Å². The molecule has 0 spiro atoms. The number of carboxylic acid groups (broad SMARTS) is 1. The molecule has 1 aromatic heterocycles. The van der Waals surface area contributed by atoms with Crippen LogP contribution in [0.15, 0.2) is 60.9 Å². The van der Waals surface area contributed by atoms with Gasteiger partial charge in [-0.25, -0.2) is 14.8 Å². The zero-order chi connectivity index (χ0) is 19.3. The van der Waals surface area contributed by atoms with Crippen LogP contribution in [0.5, 0.6) is 11.5 Å². The molecule has 6 nitrogen and oxygen atoms in total. The number of carbonyl (C=O) groups is 1. The summed E-state index contributed by atoms with van der Waals surface area (Å²) < 4.78 is 11.5. The molecule has 1 saturated carbocycles. The summed E-state index contributed by atoms with van der Waals surface area (Å²) in [6.07, 6.45) is 5.88. The number of aromatic carboxylic acids is 1. The molecule has 0 radical (unpaired) electrons. The Morgan fingerprint density at radius 3 is 2.43 bits per heavy atom. The van der Waals surface area contributed by atoms with Gasteiger partial charge in [0.05, 0.1) is 24.6 Å². The second-order valence-electron chi connectivity index (χ2n) is 6.82. The lowest BCUT2D eigenvalue weighted by atomic mass is 10.1. The molecule has 28 heavy (non-hydrogen) atoms. The largest absolute Gasteiger partial charge is 0.490 e. The molecular formula is C22H20N2O4. The summed E-state index contributed by atoms with van der Waals surface area (Å²) in [4.78, 5) is 19.7. The van der Waals surface area contributed by atoms with E-state index >= 15 is 0 Å². The van der Waals surface area contributed by atoms with E-state index in [1.54, 1.807) is 36.7 Å². The first-order valence-electron chi connectivity index (χ1n) is 9.18. The van der Waals surface area contributed by atoms with Crippen LogP contribution in [0.3, 0.4) is 0 Å². The molecule has 1 fully saturated rings. The Morgan fingerprint density at radius 1 is 1.00 bits per heavy atom. The Morgan fingerprint density at radius 2 is 1.75 bits per heavy atom. The van der Waals surface area contributed by atoms with Crippen LogP contribution in [0.1, 0.15) is 28.8 Å². The van der Waals surface area contributed by atoms with Crippen LogP contribution in [-0.4, -0.2) is 27.7 Å². The van der Waals surface area contributed by atoms with E-state index in [1.807, 2.05) is 24.3 Å². The molecule has 1 heterocycles. The van der Waals surface area contributed by atoms with Gasteiger partial charge in [-0.05, 0) is 48.6 Å². The molecular weight excluding hydrogens is 356 g/mol. The number of benzene rings is 2. The summed E-state index contributed by atoms with van der Waals surface area (Å²) in [5, 5.41) is 8.95. The standard InChI is InChI=1S/C22H20N2O4/c25-22(26)17-8-6-16(7-9-17)13-27-19-3-1-2-18(10-19)21-23-11-20(12-24-21)28-14-15-4-5-15/h1-3,6-12,15H,4-5,13-14H2,(H,25,26). The zero-order valence-electron chi connectivity index (χ0n) is 15.2. The molecule has 3 aromatic rings. The maximum absolute atomic E-state index is 10.9. The summed E-state index contributed by atoms with van der Waals surface area (Å²) in [5.41, 5.74) is 2.00. The highest BCUT2D eigenvalue weighted by molar-refractivity contribution is 5.87. The minimum atomic E-state index is -0.941. The van der Waals surface area contributed by atoms with Gasteiger partial charge >= 0.3 is 5.97 Å². The molecule has 0 unspecified atom stereocenters. The Balaban J connectivity index is 1.38. The van der Waals surface area contributed by atoms with Gasteiger partial charge in [0.25, 0.3) is 0 Å². The number of rotatable bonds is 8. The molecule has 4 rings (SSSR count). The maximum Gasteiger partial charge on any atom is 0.335 e. The lowest BCUT2D eigenvalue weighted by molar-refractivity contribution is 0.0697. The van der Waals surface area contributed by atoms with E-state index in [0.717, 1.165) is 17.7 Å². The molecule has 0 amide bonds. The maximum atomic E-state index is 10.9. The van der Waals surface area contributed by atoms with Crippen molar-refractivity contribution in [1.29, 1.82) is 0 Å². The summed E-state index contributed by atoms with van der Waals surface area (Å²) >= 11 is 0. The third kappa shape index (κ3) is 4.65. The van der Waals surface area contributed by atoms with Crippen LogP contribution in [0.2, 0.25) is 0 Å². The van der Waals surface area contributed by atoms with E-state index in [2.05, 4.69) is 9.97 Å². The summed E-state index contributed by atoms with van der Waals surface area (Å²) in [5.74, 6) is 1.73. The SMILES string of the molecule is O=C(O)c1ccc(COc2cccc(-c3ncc(OCC4CC4)cn3)c2)cc1. The highest BCUT2D eigenvalue weighted by Gasteiger charge is 2.22. The van der Waals surface area contributed by atoms with Gasteiger partial charge in [-0.15, -0.1) is 0 Å². The Labute approximate surface area is 162 Å². The molecule has 0 saturated heterocycles. The number of hydrogen-bond acceptors (Lipinski definition) is 5. The van der Waals surface area contributed by atoms with Crippen LogP contribution in [0.25, 0.3) is 11.4 Å². The third-order valence-corrected chi connectivity index (χ3v) is 4.51. The van der Waals surface area contributed by atoms with Gasteiger partial charge in [0, 0.05) is 5.56 Å². The Bertz CT molecular complexity index is 951. The molecule has 0 atom stereocenters. The fourth-order valence-corrected chi connectivity index (χ4v) is 2.67. The molecule has 2 aromatic carbocycles. The minimum absolute atomic E-state index is 0.257. The highest BCUT2D eigenvalue weighted by atomic mass is 16.5. The van der Waals surface area contributed by atoms with E-state index in [-0.39, 0.29) is 5.56 Å². The van der Waals surface area contributed by atoms with Crippen LogP contribution in [0, 0.1) is 5.92 Å². The topological polar surface area (TPSA) is 81.5 Å². The van der Waals surface area contributed by atoms with Gasteiger partial charge in [-0.3, -0.25) is 0 Å². The van der Waals surface area contributed by atoms with Crippen LogP contribution in [0.4, 0.5) is 0 Å². The van der Waals surface area contributed by atoms with Crippen molar-refractivity contribution in [3.05, 3.63) is 72.1 Å². The van der Waals surface area contributed by atoms with E-state index in [9.17, 15) is 4.79 Å². The fourth-order valence-electron chi connectivity index (χ4n) is 2.67. The van der Waals surface area contributed by atoms with E-state index in [0.29, 0.717) is 29.8 Å². The van der Waals surface area contributed by atoms with Crippen molar-refractivity contribution in [2.24, 2.45) is 5.92 Å². The van der Waals surface area contributed by atoms with Crippen molar-refractivity contribution < 1.29 is 19.4 Å². The molecule has 142 valence electrons. The molecule has 0 aliphatic heterocycles. The number of ether oxygens (including phenoxy) is 2. The van der Waals surface area contributed by atoms with Crippen molar-refractivity contribution in [3.8, 4) is 22.9 Å². The average Bonchev–Trinajstić information content (AvgIpc) is 3.56. The minimum Gasteiger partial charge on any atom is -0.490 e. The third-order valence-electron chi connectivity index (χ3n) is 4.51. The normalized spacial score (nSPS) is 13.1. The van der Waals surface area contributed by atoms with Crippen molar-refractivity contribution >= 4 is 5.97 Å². The Kier molecular flexibility index (Phi) is 5.19. The Hall–Kier alpha value is -3.41. The summed E-state index contributed by atoms with van der Waals surface area (Å²) in [6.45, 7) is 1.08. The van der Waals surface area contributed by atoms with Crippen molar-refractivity contribution in [2.45, 2.75) is 19.4 Å². The molecule has 1 N–H and O–H groups in total. The lowest BCUT2D eigenvalue weighted by Gasteiger charge is -2.09. The molecule has 1 aliphatic carbocycles. The van der Waals surface area contributed by atoms with E-state index < -0.39 is 5.97 Å². The first kappa shape index (κ1) is 18.0.